The van der Waals surface area contributed by atoms with Crippen LogP contribution in [-0.2, 0) is 28.6 Å². The minimum absolute atomic E-state index is 0.131. The average Bonchev–Trinajstić information content (AvgIpc) is 3.49. The Balaban J connectivity index is 4.56. The fraction of sp³-hybridized carbons (Fsp3) is 0.545. The van der Waals surface area contributed by atoms with Gasteiger partial charge in [0.25, 0.3) is 0 Å². The predicted octanol–water partition coefficient (Wildman–Crippen LogP) is 23.0. The summed E-state index contributed by atoms with van der Waals surface area (Å²) in [6.07, 6.45) is 104. The topological polar surface area (TPSA) is 78.9 Å². The minimum Gasteiger partial charge on any atom is -0.462 e. The van der Waals surface area contributed by atoms with Crippen molar-refractivity contribution in [2.75, 3.05) is 13.2 Å². The highest BCUT2D eigenvalue weighted by molar-refractivity contribution is 5.71. The predicted molar refractivity (Wildman–Crippen MR) is 361 cm³/mol. The molecule has 0 saturated heterocycles. The third-order valence-electron chi connectivity index (χ3n) is 13.1. The molecular formula is C77H118O6. The van der Waals surface area contributed by atoms with Gasteiger partial charge in [0.2, 0.25) is 0 Å². The summed E-state index contributed by atoms with van der Waals surface area (Å²) >= 11 is 0. The number of unbranched alkanes of at least 4 members (excludes halogenated alkanes) is 14. The van der Waals surface area contributed by atoms with Crippen molar-refractivity contribution in [2.45, 2.75) is 258 Å². The Morgan fingerprint density at radius 3 is 0.783 bits per heavy atom. The molecule has 1 atom stereocenters. The van der Waals surface area contributed by atoms with E-state index in [1.165, 1.54) is 51.4 Å². The molecular weight excluding hydrogens is 1020 g/mol. The van der Waals surface area contributed by atoms with E-state index in [4.69, 9.17) is 14.2 Å². The monoisotopic (exact) mass is 1140 g/mol. The van der Waals surface area contributed by atoms with Crippen LogP contribution in [0.5, 0.6) is 0 Å². The molecule has 0 heterocycles. The van der Waals surface area contributed by atoms with Crippen LogP contribution in [0, 0.1) is 0 Å². The first-order valence-electron chi connectivity index (χ1n) is 32.9. The molecule has 0 rings (SSSR count). The van der Waals surface area contributed by atoms with Crippen LogP contribution >= 0.6 is 0 Å². The van der Waals surface area contributed by atoms with Crippen molar-refractivity contribution in [1.29, 1.82) is 0 Å². The van der Waals surface area contributed by atoms with Crippen LogP contribution in [0.3, 0.4) is 0 Å². The maximum Gasteiger partial charge on any atom is 0.306 e. The number of hydrogen-bond donors (Lipinski definition) is 0. The zero-order chi connectivity index (χ0) is 59.9. The molecule has 0 aromatic heterocycles. The van der Waals surface area contributed by atoms with Gasteiger partial charge in [-0.05, 0) is 154 Å². The summed E-state index contributed by atoms with van der Waals surface area (Å²) in [5.74, 6) is -1.06. The number of carbonyl (C=O) groups excluding carboxylic acids is 3. The SMILES string of the molecule is CC/C=C\C/C=C\C/C=C\C/C=C\C/C=C\C/C=C\C/C=C\C/C=C\CCCCCCC(=O)OCC(COC(=O)CCCCCCCCC/C=C\C/C=C\CCCCC)OC(=O)CC/C=C\C/C=C\C/C=C\C/C=C\C/C=C\C/C=C\CC. The molecule has 0 radical (unpaired) electrons. The van der Waals surface area contributed by atoms with Crippen LogP contribution in [0.1, 0.15) is 252 Å². The lowest BCUT2D eigenvalue weighted by atomic mass is 10.1. The van der Waals surface area contributed by atoms with Crippen molar-refractivity contribution in [3.8, 4) is 0 Å². The van der Waals surface area contributed by atoms with E-state index in [9.17, 15) is 14.4 Å². The van der Waals surface area contributed by atoms with Gasteiger partial charge in [-0.3, -0.25) is 14.4 Å². The van der Waals surface area contributed by atoms with E-state index >= 15 is 0 Å². The highest BCUT2D eigenvalue weighted by Gasteiger charge is 2.19. The molecule has 0 spiro atoms. The third-order valence-corrected chi connectivity index (χ3v) is 13.1. The summed E-state index contributed by atoms with van der Waals surface area (Å²) in [5, 5.41) is 0. The fourth-order valence-electron chi connectivity index (χ4n) is 8.22. The van der Waals surface area contributed by atoms with Gasteiger partial charge in [-0.1, -0.05) is 273 Å². The normalized spacial score (nSPS) is 13.4. The highest BCUT2D eigenvalue weighted by atomic mass is 16.6. The Morgan fingerprint density at radius 2 is 0.494 bits per heavy atom. The Kier molecular flexibility index (Phi) is 64.0. The van der Waals surface area contributed by atoms with Crippen LogP contribution in [0.25, 0.3) is 0 Å². The number of esters is 3. The van der Waals surface area contributed by atoms with Gasteiger partial charge >= 0.3 is 17.9 Å². The second-order valence-corrected chi connectivity index (χ2v) is 20.9. The summed E-state index contributed by atoms with van der Waals surface area (Å²) < 4.78 is 16.8. The first-order valence-corrected chi connectivity index (χ1v) is 32.9. The van der Waals surface area contributed by atoms with Crippen LogP contribution in [0.2, 0.25) is 0 Å². The van der Waals surface area contributed by atoms with E-state index in [0.717, 1.165) is 154 Å². The molecule has 0 N–H and O–H groups in total. The first-order chi connectivity index (χ1) is 41.0. The average molecular weight is 1140 g/mol. The van der Waals surface area contributed by atoms with Crippen molar-refractivity contribution in [2.24, 2.45) is 0 Å². The molecule has 6 nitrogen and oxygen atoms in total. The number of carbonyl (C=O) groups is 3. The Morgan fingerprint density at radius 1 is 0.253 bits per heavy atom. The molecule has 0 aromatic carbocycles. The van der Waals surface area contributed by atoms with Crippen molar-refractivity contribution in [3.63, 3.8) is 0 Å². The van der Waals surface area contributed by atoms with Crippen molar-refractivity contribution < 1.29 is 28.6 Å². The second-order valence-electron chi connectivity index (χ2n) is 20.9. The number of ether oxygens (including phenoxy) is 3. The van der Waals surface area contributed by atoms with Crippen LogP contribution < -0.4 is 0 Å². The van der Waals surface area contributed by atoms with Crippen LogP contribution in [-0.4, -0.2) is 37.2 Å². The summed E-state index contributed by atoms with van der Waals surface area (Å²) in [4.78, 5) is 38.3. The molecule has 0 amide bonds. The van der Waals surface area contributed by atoms with Crippen LogP contribution in [0.15, 0.2) is 194 Å². The van der Waals surface area contributed by atoms with Gasteiger partial charge in [0, 0.05) is 19.3 Å². The smallest absolute Gasteiger partial charge is 0.306 e. The molecule has 0 bridgehead atoms. The fourth-order valence-corrected chi connectivity index (χ4v) is 8.22. The molecule has 462 valence electrons. The molecule has 1 unspecified atom stereocenters. The number of allylic oxidation sites excluding steroid dienone is 32. The molecule has 0 aromatic rings. The largest absolute Gasteiger partial charge is 0.462 e. The first kappa shape index (κ1) is 77.2. The van der Waals surface area contributed by atoms with Gasteiger partial charge in [0.05, 0.1) is 0 Å². The van der Waals surface area contributed by atoms with Crippen molar-refractivity contribution in [3.05, 3.63) is 194 Å². The van der Waals surface area contributed by atoms with Crippen molar-refractivity contribution in [1.82, 2.24) is 0 Å². The number of hydrogen-bond acceptors (Lipinski definition) is 6. The summed E-state index contributed by atoms with van der Waals surface area (Å²) in [5.41, 5.74) is 0. The molecule has 6 heteroatoms. The maximum atomic E-state index is 12.9. The Labute approximate surface area is 509 Å². The van der Waals surface area contributed by atoms with Gasteiger partial charge in [-0.15, -0.1) is 0 Å². The van der Waals surface area contributed by atoms with E-state index < -0.39 is 12.1 Å². The highest BCUT2D eigenvalue weighted by Crippen LogP contribution is 2.13. The Hall–Kier alpha value is -5.75. The number of rotatable bonds is 57. The van der Waals surface area contributed by atoms with E-state index in [2.05, 4.69) is 203 Å². The molecule has 0 aliphatic heterocycles. The van der Waals surface area contributed by atoms with Crippen LogP contribution in [0.4, 0.5) is 0 Å². The lowest BCUT2D eigenvalue weighted by molar-refractivity contribution is -0.166. The van der Waals surface area contributed by atoms with E-state index in [1.54, 1.807) is 0 Å². The lowest BCUT2D eigenvalue weighted by Crippen LogP contribution is -2.30. The third kappa shape index (κ3) is 66.9. The molecule has 0 aliphatic carbocycles. The van der Waals surface area contributed by atoms with Crippen molar-refractivity contribution >= 4 is 17.9 Å². The lowest BCUT2D eigenvalue weighted by Gasteiger charge is -2.18. The van der Waals surface area contributed by atoms with E-state index in [1.807, 2.05) is 12.2 Å². The van der Waals surface area contributed by atoms with Gasteiger partial charge in [0.15, 0.2) is 6.10 Å². The minimum atomic E-state index is -0.846. The molecule has 83 heavy (non-hydrogen) atoms. The molecule has 0 fully saturated rings. The zero-order valence-electron chi connectivity index (χ0n) is 52.9. The quantitative estimate of drug-likeness (QED) is 0.0261. The zero-order valence-corrected chi connectivity index (χ0v) is 52.9. The molecule has 0 saturated carbocycles. The maximum absolute atomic E-state index is 12.9. The van der Waals surface area contributed by atoms with E-state index in [-0.39, 0.29) is 31.6 Å². The summed E-state index contributed by atoms with van der Waals surface area (Å²) in [6.45, 7) is 6.29. The second kappa shape index (κ2) is 68.7. The summed E-state index contributed by atoms with van der Waals surface area (Å²) in [7, 11) is 0. The van der Waals surface area contributed by atoms with Gasteiger partial charge in [-0.2, -0.15) is 0 Å². The van der Waals surface area contributed by atoms with Gasteiger partial charge < -0.3 is 14.2 Å². The van der Waals surface area contributed by atoms with E-state index in [0.29, 0.717) is 19.3 Å². The van der Waals surface area contributed by atoms with Gasteiger partial charge in [0.1, 0.15) is 13.2 Å². The molecule has 0 aliphatic rings. The summed E-state index contributed by atoms with van der Waals surface area (Å²) in [6, 6.07) is 0. The standard InChI is InChI=1S/C77H118O6/c1-4-7-10-13-16-19-22-25-28-31-33-34-35-36-37-38-39-40-41-42-44-46-49-52-55-58-61-64-67-70-76(79)82-73-74(72-81-75(78)69-66-63-60-57-54-51-48-45-30-27-24-21-18-15-12-9-6-3)83-77(80)71-68-65-62-59-56-53-50-47-43-32-29-26-23-20-17-14-11-8-5-2/h7-8,10-11,16-21,25-30,33-34,36-37,39-40,42-44,47,49,52-53,56,62,65,74H,4-6,9,12-15,22-24,31-32,35,38,41,45-46,48,50-51,54-55,57-61,63-64,66-73H2,1-3H3/b10-7-,11-8-,19-16-,20-17-,21-18-,28-25-,29-26-,30-27-,34-33-,37-36-,40-39-,44-42-,47-43-,52-49-,56-53-,65-62-. The van der Waals surface area contributed by atoms with Gasteiger partial charge in [-0.25, -0.2) is 0 Å². The Bertz CT molecular complexity index is 1990.